The van der Waals surface area contributed by atoms with Crippen molar-refractivity contribution in [2.45, 2.75) is 10.5 Å². The molecule has 4 aromatic rings. The van der Waals surface area contributed by atoms with Crippen LogP contribution in [0.4, 0.5) is 0 Å². The molecule has 4 aromatic carbocycles. The molecule has 0 atom stereocenters. The summed E-state index contributed by atoms with van der Waals surface area (Å²) in [6.45, 7) is 0. The predicted octanol–water partition coefficient (Wildman–Crippen LogP) is 3.85. The van der Waals surface area contributed by atoms with E-state index in [1.807, 2.05) is 0 Å². The molecule has 8 nitrogen and oxygen atoms in total. The van der Waals surface area contributed by atoms with Gasteiger partial charge >= 0.3 is 10.1 Å². The molecule has 1 amide bonds. The van der Waals surface area contributed by atoms with Gasteiger partial charge in [-0.3, -0.25) is 4.79 Å². The van der Waals surface area contributed by atoms with Crippen LogP contribution in [0.5, 0.6) is 11.5 Å². The summed E-state index contributed by atoms with van der Waals surface area (Å²) >= 11 is 0. The number of hydrogen-bond donors (Lipinski definition) is 2. The highest BCUT2D eigenvalue weighted by Crippen LogP contribution is 2.31. The van der Waals surface area contributed by atoms with Gasteiger partial charge in [0.2, 0.25) is 0 Å². The van der Waals surface area contributed by atoms with Crippen molar-refractivity contribution in [2.75, 3.05) is 7.11 Å². The van der Waals surface area contributed by atoms with Crippen molar-refractivity contribution in [1.29, 1.82) is 0 Å². The summed E-state index contributed by atoms with van der Waals surface area (Å²) in [7, 11) is -2.68. The fraction of sp³-hybridized carbons (Fsp3) is 0.0714. The van der Waals surface area contributed by atoms with Gasteiger partial charge in [0.25, 0.3) is 5.91 Å². The number of hydrogen-bond acceptors (Lipinski definition) is 7. The van der Waals surface area contributed by atoms with Crippen LogP contribution in [0.15, 0.2) is 119 Å². The minimum absolute atomic E-state index is 0.00457. The molecule has 2 N–H and O–H groups in total. The third kappa shape index (κ3) is 5.69. The Kier molecular flexibility index (Phi) is 7.66. The highest BCUT2D eigenvalue weighted by atomic mass is 32.2. The van der Waals surface area contributed by atoms with Gasteiger partial charge in [0.15, 0.2) is 17.1 Å². The third-order valence-corrected chi connectivity index (χ3v) is 6.76. The largest absolute Gasteiger partial charge is 0.493 e. The molecule has 0 aliphatic heterocycles. The number of nitrogens with zero attached hydrogens (tertiary/aromatic N) is 1. The van der Waals surface area contributed by atoms with E-state index in [1.54, 1.807) is 84.9 Å². The van der Waals surface area contributed by atoms with Gasteiger partial charge in [0, 0.05) is 0 Å². The van der Waals surface area contributed by atoms with Crippen molar-refractivity contribution in [3.63, 3.8) is 0 Å². The molecular formula is C28H24N2O6S. The molecule has 0 aliphatic rings. The highest BCUT2D eigenvalue weighted by molar-refractivity contribution is 7.87. The monoisotopic (exact) mass is 516 g/mol. The van der Waals surface area contributed by atoms with E-state index in [9.17, 15) is 18.3 Å². The van der Waals surface area contributed by atoms with Gasteiger partial charge < -0.3 is 14.0 Å². The average molecular weight is 517 g/mol. The second kappa shape index (κ2) is 11.1. The van der Waals surface area contributed by atoms with Gasteiger partial charge in [0.1, 0.15) is 4.90 Å². The van der Waals surface area contributed by atoms with Crippen molar-refractivity contribution in [3.05, 3.63) is 126 Å². The van der Waals surface area contributed by atoms with Crippen LogP contribution in [0.1, 0.15) is 16.7 Å². The summed E-state index contributed by atoms with van der Waals surface area (Å²) < 4.78 is 35.6. The molecule has 0 unspecified atom stereocenters. The summed E-state index contributed by atoms with van der Waals surface area (Å²) in [4.78, 5) is 13.1. The smallest absolute Gasteiger partial charge is 0.339 e. The van der Waals surface area contributed by atoms with Crippen molar-refractivity contribution < 1.29 is 27.2 Å². The molecule has 0 radical (unpaired) electrons. The Balaban J connectivity index is 1.54. The van der Waals surface area contributed by atoms with Crippen molar-refractivity contribution in [1.82, 2.24) is 5.43 Å². The number of nitrogens with one attached hydrogen (secondary N) is 1. The van der Waals surface area contributed by atoms with E-state index in [4.69, 9.17) is 8.92 Å². The maximum absolute atomic E-state index is 13.1. The minimum atomic E-state index is -4.05. The molecule has 0 saturated heterocycles. The van der Waals surface area contributed by atoms with Gasteiger partial charge in [-0.1, -0.05) is 78.9 Å². The number of benzene rings is 4. The number of carbonyl (C=O) groups excluding carboxylic acids is 1. The number of rotatable bonds is 9. The lowest BCUT2D eigenvalue weighted by atomic mass is 9.85. The summed E-state index contributed by atoms with van der Waals surface area (Å²) in [5, 5.41) is 15.4. The molecule has 0 bridgehead atoms. The maximum atomic E-state index is 13.1. The van der Waals surface area contributed by atoms with Gasteiger partial charge in [-0.15, -0.1) is 0 Å². The van der Waals surface area contributed by atoms with Crippen LogP contribution in [-0.2, 0) is 20.5 Å². The van der Waals surface area contributed by atoms with E-state index in [-0.39, 0.29) is 16.4 Å². The Morgan fingerprint density at radius 3 is 1.92 bits per heavy atom. The lowest BCUT2D eigenvalue weighted by Gasteiger charge is -2.27. The standard InChI is InChI=1S/C28H24N2O6S/c1-35-26-19-21(17-18-25(26)36-37(33,34)24-15-9-4-10-16-24)20-29-30-27(31)28(32,22-11-5-2-6-12-22)23-13-7-3-8-14-23/h2-20,32H,1H3,(H,30,31)/b29-20-. The highest BCUT2D eigenvalue weighted by Gasteiger charge is 2.39. The van der Waals surface area contributed by atoms with Gasteiger partial charge in [-0.2, -0.15) is 13.5 Å². The Bertz CT molecular complexity index is 1450. The zero-order valence-electron chi connectivity index (χ0n) is 19.8. The summed E-state index contributed by atoms with van der Waals surface area (Å²) in [5.74, 6) is -0.600. The average Bonchev–Trinajstić information content (AvgIpc) is 2.94. The van der Waals surface area contributed by atoms with Crippen LogP contribution >= 0.6 is 0 Å². The molecule has 0 spiro atoms. The summed E-state index contributed by atoms with van der Waals surface area (Å²) in [6, 6.07) is 29.3. The molecule has 0 heterocycles. The molecule has 188 valence electrons. The molecule has 9 heteroatoms. The summed E-state index contributed by atoms with van der Waals surface area (Å²) in [6.07, 6.45) is 1.34. The van der Waals surface area contributed by atoms with E-state index in [2.05, 4.69) is 10.5 Å². The maximum Gasteiger partial charge on any atom is 0.339 e. The van der Waals surface area contributed by atoms with Crippen molar-refractivity contribution >= 4 is 22.2 Å². The van der Waals surface area contributed by atoms with Crippen LogP contribution < -0.4 is 14.3 Å². The van der Waals surface area contributed by atoms with Crippen LogP contribution in [0.2, 0.25) is 0 Å². The lowest BCUT2D eigenvalue weighted by molar-refractivity contribution is -0.136. The molecule has 0 fully saturated rings. The fourth-order valence-electron chi connectivity index (χ4n) is 3.62. The first-order valence-corrected chi connectivity index (χ1v) is 12.6. The van der Waals surface area contributed by atoms with E-state index >= 15 is 0 Å². The van der Waals surface area contributed by atoms with Crippen molar-refractivity contribution in [2.24, 2.45) is 5.10 Å². The lowest BCUT2D eigenvalue weighted by Crippen LogP contribution is -2.43. The van der Waals surface area contributed by atoms with E-state index in [0.29, 0.717) is 16.7 Å². The number of methoxy groups -OCH3 is 1. The molecule has 0 aliphatic carbocycles. The van der Waals surface area contributed by atoms with E-state index in [0.717, 1.165) is 0 Å². The van der Waals surface area contributed by atoms with E-state index < -0.39 is 21.6 Å². The first-order chi connectivity index (χ1) is 17.8. The molecular weight excluding hydrogens is 492 g/mol. The first kappa shape index (κ1) is 25.6. The zero-order chi connectivity index (χ0) is 26.3. The molecule has 0 saturated carbocycles. The van der Waals surface area contributed by atoms with Crippen molar-refractivity contribution in [3.8, 4) is 11.5 Å². The Hall–Kier alpha value is -4.47. The van der Waals surface area contributed by atoms with Crippen LogP contribution in [0.25, 0.3) is 0 Å². The SMILES string of the molecule is COc1cc(/C=N\NC(=O)C(O)(c2ccccc2)c2ccccc2)ccc1OS(=O)(=O)c1ccccc1. The van der Waals surface area contributed by atoms with Gasteiger partial charge in [-0.05, 0) is 47.0 Å². The Labute approximate surface area is 214 Å². The number of hydrazone groups is 1. The minimum Gasteiger partial charge on any atom is -0.493 e. The Morgan fingerprint density at radius 2 is 1.38 bits per heavy atom. The van der Waals surface area contributed by atoms with Gasteiger partial charge in [0.05, 0.1) is 13.3 Å². The molecule has 4 rings (SSSR count). The third-order valence-electron chi connectivity index (χ3n) is 5.51. The van der Waals surface area contributed by atoms with Crippen LogP contribution in [0, 0.1) is 0 Å². The topological polar surface area (TPSA) is 114 Å². The molecule has 0 aromatic heterocycles. The first-order valence-electron chi connectivity index (χ1n) is 11.2. The normalized spacial score (nSPS) is 11.7. The van der Waals surface area contributed by atoms with Crippen LogP contribution in [0.3, 0.4) is 0 Å². The second-order valence-corrected chi connectivity index (χ2v) is 9.45. The number of amides is 1. The molecule has 37 heavy (non-hydrogen) atoms. The quantitative estimate of drug-likeness (QED) is 0.198. The number of carbonyl (C=O) groups is 1. The predicted molar refractivity (Wildman–Crippen MR) is 139 cm³/mol. The number of ether oxygens (including phenoxy) is 1. The zero-order valence-corrected chi connectivity index (χ0v) is 20.6. The number of aliphatic hydroxyl groups is 1. The Morgan fingerprint density at radius 1 is 0.838 bits per heavy atom. The van der Waals surface area contributed by atoms with E-state index in [1.165, 1.54) is 37.6 Å². The van der Waals surface area contributed by atoms with Gasteiger partial charge in [-0.25, -0.2) is 5.43 Å². The van der Waals surface area contributed by atoms with Crippen LogP contribution in [-0.4, -0.2) is 32.8 Å². The summed E-state index contributed by atoms with van der Waals surface area (Å²) in [5.41, 5.74) is 1.68. The fourth-order valence-corrected chi connectivity index (χ4v) is 4.58. The second-order valence-electron chi connectivity index (χ2n) is 7.90.